The fourth-order valence-electron chi connectivity index (χ4n) is 1.74. The van der Waals surface area contributed by atoms with Gasteiger partial charge in [-0.1, -0.05) is 6.92 Å². The average Bonchev–Trinajstić information content (AvgIpc) is 2.88. The van der Waals surface area contributed by atoms with Crippen LogP contribution in [0.25, 0.3) is 11.4 Å². The molecule has 0 spiro atoms. The van der Waals surface area contributed by atoms with Gasteiger partial charge in [0.1, 0.15) is 5.75 Å². The third kappa shape index (κ3) is 3.11. The lowest BCUT2D eigenvalue weighted by Gasteiger charge is -2.08. The van der Waals surface area contributed by atoms with E-state index in [2.05, 4.69) is 15.5 Å². The first-order valence-electron chi connectivity index (χ1n) is 6.34. The summed E-state index contributed by atoms with van der Waals surface area (Å²) >= 11 is 0. The Morgan fingerprint density at radius 2 is 2.10 bits per heavy atom. The molecule has 1 atom stereocenters. The van der Waals surface area contributed by atoms with Crippen LogP contribution in [0.2, 0.25) is 0 Å². The van der Waals surface area contributed by atoms with E-state index in [1.54, 1.807) is 6.92 Å². The Morgan fingerprint density at radius 1 is 1.40 bits per heavy atom. The number of carboxylic acid groups (broad SMARTS) is 1. The van der Waals surface area contributed by atoms with Gasteiger partial charge in [0.2, 0.25) is 0 Å². The summed E-state index contributed by atoms with van der Waals surface area (Å²) in [6.07, 6.45) is 0. The number of aliphatic carboxylic acids is 1. The van der Waals surface area contributed by atoms with Crippen LogP contribution in [0.15, 0.2) is 24.3 Å². The normalized spacial score (nSPS) is 12.1. The molecule has 0 saturated heterocycles. The molecule has 2 rings (SSSR count). The van der Waals surface area contributed by atoms with E-state index < -0.39 is 11.9 Å². The van der Waals surface area contributed by atoms with E-state index in [4.69, 9.17) is 9.84 Å². The fraction of sp³-hybridized carbons (Fsp3) is 0.385. The van der Waals surface area contributed by atoms with Crippen molar-refractivity contribution in [2.45, 2.75) is 20.4 Å². The number of hydrogen-bond acceptors (Lipinski definition) is 5. The molecule has 1 aromatic heterocycles. The number of carbonyl (C=O) groups is 1. The molecule has 0 bridgehead atoms. The summed E-state index contributed by atoms with van der Waals surface area (Å²) in [5.41, 5.74) is 0.816. The second kappa shape index (κ2) is 6.14. The summed E-state index contributed by atoms with van der Waals surface area (Å²) in [7, 11) is 0. The molecular formula is C13H16N4O3. The lowest BCUT2D eigenvalue weighted by atomic mass is 10.1. The lowest BCUT2D eigenvalue weighted by Crippen LogP contribution is -2.18. The number of tetrazole rings is 1. The molecule has 7 heteroatoms. The van der Waals surface area contributed by atoms with Gasteiger partial charge >= 0.3 is 5.97 Å². The van der Waals surface area contributed by atoms with Crippen LogP contribution in [0, 0.1) is 5.92 Å². The number of ether oxygens (including phenoxy) is 1. The Labute approximate surface area is 116 Å². The summed E-state index contributed by atoms with van der Waals surface area (Å²) in [4.78, 5) is 10.9. The molecule has 20 heavy (non-hydrogen) atoms. The van der Waals surface area contributed by atoms with Crippen molar-refractivity contribution >= 4 is 5.97 Å². The van der Waals surface area contributed by atoms with Gasteiger partial charge in [0.25, 0.3) is 0 Å². The summed E-state index contributed by atoms with van der Waals surface area (Å²) in [6.45, 7) is 4.37. The second-order valence-electron chi connectivity index (χ2n) is 4.38. The Balaban J connectivity index is 2.20. The van der Waals surface area contributed by atoms with Crippen molar-refractivity contribution in [2.24, 2.45) is 5.92 Å². The molecular weight excluding hydrogens is 260 g/mol. The van der Waals surface area contributed by atoms with Gasteiger partial charge in [0.05, 0.1) is 19.1 Å². The first-order chi connectivity index (χ1) is 9.61. The van der Waals surface area contributed by atoms with Crippen LogP contribution >= 0.6 is 0 Å². The maximum Gasteiger partial charge on any atom is 0.308 e. The van der Waals surface area contributed by atoms with Gasteiger partial charge in [0.15, 0.2) is 5.82 Å². The predicted octanol–water partition coefficient (Wildman–Crippen LogP) is 1.46. The minimum Gasteiger partial charge on any atom is -0.494 e. The molecule has 7 nitrogen and oxygen atoms in total. The van der Waals surface area contributed by atoms with E-state index >= 15 is 0 Å². The summed E-state index contributed by atoms with van der Waals surface area (Å²) in [6, 6.07) is 7.36. The highest BCUT2D eigenvalue weighted by Gasteiger charge is 2.16. The van der Waals surface area contributed by atoms with Crippen LogP contribution in [0.4, 0.5) is 0 Å². The lowest BCUT2D eigenvalue weighted by molar-refractivity contribution is -0.141. The Bertz CT molecular complexity index is 580. The summed E-state index contributed by atoms with van der Waals surface area (Å²) in [5, 5.41) is 20.3. The van der Waals surface area contributed by atoms with Gasteiger partial charge < -0.3 is 9.84 Å². The molecule has 2 aromatic rings. The number of rotatable bonds is 6. The smallest absolute Gasteiger partial charge is 0.308 e. The van der Waals surface area contributed by atoms with Crippen LogP contribution < -0.4 is 4.74 Å². The molecule has 0 aliphatic carbocycles. The molecule has 1 N–H and O–H groups in total. The molecule has 1 unspecified atom stereocenters. The zero-order valence-electron chi connectivity index (χ0n) is 11.4. The molecule has 0 fully saturated rings. The Kier molecular flexibility index (Phi) is 4.29. The Hall–Kier alpha value is -2.44. The minimum absolute atomic E-state index is 0.227. The van der Waals surface area contributed by atoms with Gasteiger partial charge in [-0.15, -0.1) is 5.10 Å². The molecule has 1 heterocycles. The maximum absolute atomic E-state index is 10.9. The molecule has 0 saturated carbocycles. The third-order valence-electron chi connectivity index (χ3n) is 2.82. The van der Waals surface area contributed by atoms with Crippen molar-refractivity contribution < 1.29 is 14.6 Å². The number of hydrogen-bond donors (Lipinski definition) is 1. The van der Waals surface area contributed by atoms with Crippen LogP contribution in [-0.4, -0.2) is 37.9 Å². The van der Waals surface area contributed by atoms with Gasteiger partial charge in [-0.25, -0.2) is 4.68 Å². The number of aromatic nitrogens is 4. The second-order valence-corrected chi connectivity index (χ2v) is 4.38. The van der Waals surface area contributed by atoms with Crippen LogP contribution in [0.5, 0.6) is 5.75 Å². The van der Waals surface area contributed by atoms with Crippen molar-refractivity contribution in [3.05, 3.63) is 24.3 Å². The first kappa shape index (κ1) is 14.0. The minimum atomic E-state index is -0.877. The first-order valence-corrected chi connectivity index (χ1v) is 6.34. The molecule has 0 radical (unpaired) electrons. The maximum atomic E-state index is 10.9. The van der Waals surface area contributed by atoms with Crippen molar-refractivity contribution in [1.82, 2.24) is 20.2 Å². The SMILES string of the molecule is CCOc1ccc(-c2nnnn2CC(C)C(=O)O)cc1. The van der Waals surface area contributed by atoms with E-state index in [1.165, 1.54) is 4.68 Å². The standard InChI is InChI=1S/C13H16N4O3/c1-3-20-11-6-4-10(5-7-11)12-14-15-16-17(12)8-9(2)13(18)19/h4-7,9H,3,8H2,1-2H3,(H,18,19). The van der Waals surface area contributed by atoms with Crippen molar-refractivity contribution in [3.63, 3.8) is 0 Å². The largest absolute Gasteiger partial charge is 0.494 e. The van der Waals surface area contributed by atoms with Gasteiger partial charge in [-0.2, -0.15) is 0 Å². The molecule has 1 aromatic carbocycles. The average molecular weight is 276 g/mol. The van der Waals surface area contributed by atoms with Gasteiger partial charge in [-0.3, -0.25) is 4.79 Å². The third-order valence-corrected chi connectivity index (χ3v) is 2.82. The number of carboxylic acids is 1. The van der Waals surface area contributed by atoms with Crippen molar-refractivity contribution in [2.75, 3.05) is 6.61 Å². The highest BCUT2D eigenvalue weighted by molar-refractivity contribution is 5.69. The molecule has 0 aliphatic rings. The molecule has 0 aliphatic heterocycles. The van der Waals surface area contributed by atoms with E-state index in [0.717, 1.165) is 11.3 Å². The van der Waals surface area contributed by atoms with Crippen LogP contribution in [0.3, 0.4) is 0 Å². The molecule has 106 valence electrons. The summed E-state index contributed by atoms with van der Waals surface area (Å²) in [5.74, 6) is -0.117. The molecule has 0 amide bonds. The summed E-state index contributed by atoms with van der Waals surface area (Å²) < 4.78 is 6.86. The highest BCUT2D eigenvalue weighted by Crippen LogP contribution is 2.20. The van der Waals surface area contributed by atoms with E-state index in [0.29, 0.717) is 12.4 Å². The highest BCUT2D eigenvalue weighted by atomic mass is 16.5. The van der Waals surface area contributed by atoms with Crippen molar-refractivity contribution in [1.29, 1.82) is 0 Å². The monoisotopic (exact) mass is 276 g/mol. The number of benzene rings is 1. The van der Waals surface area contributed by atoms with E-state index in [-0.39, 0.29) is 6.54 Å². The van der Waals surface area contributed by atoms with Gasteiger partial charge in [-0.05, 0) is 41.6 Å². The fourth-order valence-corrected chi connectivity index (χ4v) is 1.74. The zero-order valence-corrected chi connectivity index (χ0v) is 11.4. The number of nitrogens with zero attached hydrogens (tertiary/aromatic N) is 4. The quantitative estimate of drug-likeness (QED) is 0.859. The predicted molar refractivity (Wildman–Crippen MR) is 71.2 cm³/mol. The van der Waals surface area contributed by atoms with Crippen molar-refractivity contribution in [3.8, 4) is 17.1 Å². The van der Waals surface area contributed by atoms with Crippen LogP contribution in [0.1, 0.15) is 13.8 Å². The topological polar surface area (TPSA) is 90.1 Å². The van der Waals surface area contributed by atoms with Crippen LogP contribution in [-0.2, 0) is 11.3 Å². The Morgan fingerprint density at radius 3 is 2.70 bits per heavy atom. The van der Waals surface area contributed by atoms with E-state index in [9.17, 15) is 4.79 Å². The zero-order chi connectivity index (χ0) is 14.5. The van der Waals surface area contributed by atoms with E-state index in [1.807, 2.05) is 31.2 Å². The van der Waals surface area contributed by atoms with Gasteiger partial charge in [0, 0.05) is 5.56 Å².